The molecule has 3 aromatic rings. The molecule has 1 unspecified atom stereocenters. The van der Waals surface area contributed by atoms with Gasteiger partial charge in [0.05, 0.1) is 5.69 Å². The highest BCUT2D eigenvalue weighted by Gasteiger charge is 2.24. The van der Waals surface area contributed by atoms with Crippen LogP contribution in [0.5, 0.6) is 0 Å². The zero-order valence-corrected chi connectivity index (χ0v) is 14.2. The van der Waals surface area contributed by atoms with E-state index in [1.807, 2.05) is 0 Å². The molecule has 3 rings (SSSR count). The van der Waals surface area contributed by atoms with E-state index in [0.717, 1.165) is 12.1 Å². The van der Waals surface area contributed by atoms with Gasteiger partial charge in [-0.25, -0.2) is 8.78 Å². The number of anilines is 1. The van der Waals surface area contributed by atoms with Crippen LogP contribution in [-0.2, 0) is 4.79 Å². The third-order valence-corrected chi connectivity index (χ3v) is 3.90. The third-order valence-electron chi connectivity index (χ3n) is 3.90. The number of carbonyl (C=O) groups is 2. The van der Waals surface area contributed by atoms with Gasteiger partial charge in [0.25, 0.3) is 11.8 Å². The van der Waals surface area contributed by atoms with E-state index in [9.17, 15) is 18.4 Å². The van der Waals surface area contributed by atoms with Crippen molar-refractivity contribution in [3.05, 3.63) is 102 Å². The summed E-state index contributed by atoms with van der Waals surface area (Å²) in [6.07, 6.45) is 0. The molecule has 0 aliphatic rings. The van der Waals surface area contributed by atoms with E-state index >= 15 is 0 Å². The molecule has 27 heavy (non-hydrogen) atoms. The quantitative estimate of drug-likeness (QED) is 0.715. The lowest BCUT2D eigenvalue weighted by Gasteiger charge is -2.19. The van der Waals surface area contributed by atoms with E-state index in [2.05, 4.69) is 10.6 Å². The number of hydrogen-bond donors (Lipinski definition) is 2. The van der Waals surface area contributed by atoms with Crippen LogP contribution in [0.2, 0.25) is 0 Å². The minimum atomic E-state index is -1.05. The zero-order valence-electron chi connectivity index (χ0n) is 14.2. The Morgan fingerprint density at radius 2 is 1.44 bits per heavy atom. The van der Waals surface area contributed by atoms with Crippen molar-refractivity contribution in [3.63, 3.8) is 0 Å². The summed E-state index contributed by atoms with van der Waals surface area (Å²) < 4.78 is 26.9. The summed E-state index contributed by atoms with van der Waals surface area (Å²) in [7, 11) is 0. The molecule has 3 aromatic carbocycles. The fourth-order valence-corrected chi connectivity index (χ4v) is 2.55. The molecule has 0 spiro atoms. The Bertz CT molecular complexity index is 947. The minimum Gasteiger partial charge on any atom is -0.336 e. The molecule has 0 saturated carbocycles. The molecular weight excluding hydrogens is 350 g/mol. The Labute approximate surface area is 154 Å². The maximum atomic E-state index is 13.9. The Morgan fingerprint density at radius 1 is 0.815 bits per heavy atom. The first-order valence-corrected chi connectivity index (χ1v) is 8.21. The SMILES string of the molecule is O=C(NC(C(=O)Nc1ccc(F)cc1F)c1ccccc1)c1ccccc1. The number of halogens is 2. The van der Waals surface area contributed by atoms with Gasteiger partial charge < -0.3 is 10.6 Å². The number of hydrogen-bond acceptors (Lipinski definition) is 2. The Kier molecular flexibility index (Phi) is 5.56. The molecule has 2 N–H and O–H groups in total. The number of rotatable bonds is 5. The van der Waals surface area contributed by atoms with Gasteiger partial charge in [-0.3, -0.25) is 9.59 Å². The lowest BCUT2D eigenvalue weighted by Crippen LogP contribution is -2.37. The van der Waals surface area contributed by atoms with E-state index in [4.69, 9.17) is 0 Å². The number of nitrogens with one attached hydrogen (secondary N) is 2. The average molecular weight is 366 g/mol. The second-order valence-corrected chi connectivity index (χ2v) is 5.80. The van der Waals surface area contributed by atoms with Crippen LogP contribution in [-0.4, -0.2) is 11.8 Å². The molecule has 0 aromatic heterocycles. The maximum absolute atomic E-state index is 13.9. The maximum Gasteiger partial charge on any atom is 0.252 e. The van der Waals surface area contributed by atoms with Crippen LogP contribution in [0.3, 0.4) is 0 Å². The van der Waals surface area contributed by atoms with Gasteiger partial charge in [-0.2, -0.15) is 0 Å². The lowest BCUT2D eigenvalue weighted by atomic mass is 10.0. The van der Waals surface area contributed by atoms with Gasteiger partial charge in [-0.15, -0.1) is 0 Å². The normalized spacial score (nSPS) is 11.5. The van der Waals surface area contributed by atoms with Crippen LogP contribution in [0, 0.1) is 11.6 Å². The monoisotopic (exact) mass is 366 g/mol. The summed E-state index contributed by atoms with van der Waals surface area (Å²) in [5.74, 6) is -2.73. The highest BCUT2D eigenvalue weighted by Crippen LogP contribution is 2.20. The molecule has 0 saturated heterocycles. The van der Waals surface area contributed by atoms with Crippen LogP contribution in [0.1, 0.15) is 22.0 Å². The molecular formula is C21H16F2N2O2. The molecule has 0 radical (unpaired) electrons. The van der Waals surface area contributed by atoms with Gasteiger partial charge in [-0.05, 0) is 29.8 Å². The van der Waals surface area contributed by atoms with Crippen LogP contribution in [0.4, 0.5) is 14.5 Å². The smallest absolute Gasteiger partial charge is 0.252 e. The predicted molar refractivity (Wildman–Crippen MR) is 98.1 cm³/mol. The number of carbonyl (C=O) groups excluding carboxylic acids is 2. The second kappa shape index (κ2) is 8.23. The first-order valence-electron chi connectivity index (χ1n) is 8.21. The first-order chi connectivity index (χ1) is 13.0. The van der Waals surface area contributed by atoms with Crippen molar-refractivity contribution in [3.8, 4) is 0 Å². The van der Waals surface area contributed by atoms with E-state index < -0.39 is 29.5 Å². The Balaban J connectivity index is 1.85. The van der Waals surface area contributed by atoms with Gasteiger partial charge in [0, 0.05) is 11.6 Å². The summed E-state index contributed by atoms with van der Waals surface area (Å²) in [4.78, 5) is 25.2. The fraction of sp³-hybridized carbons (Fsp3) is 0.0476. The van der Waals surface area contributed by atoms with Crippen molar-refractivity contribution < 1.29 is 18.4 Å². The number of benzene rings is 3. The van der Waals surface area contributed by atoms with Crippen molar-refractivity contribution >= 4 is 17.5 Å². The third kappa shape index (κ3) is 4.55. The van der Waals surface area contributed by atoms with Crippen LogP contribution < -0.4 is 10.6 Å². The number of amides is 2. The van der Waals surface area contributed by atoms with Crippen molar-refractivity contribution in [1.82, 2.24) is 5.32 Å². The van der Waals surface area contributed by atoms with Crippen molar-refractivity contribution in [2.75, 3.05) is 5.32 Å². The van der Waals surface area contributed by atoms with Gasteiger partial charge in [0.15, 0.2) is 0 Å². The molecule has 0 fully saturated rings. The topological polar surface area (TPSA) is 58.2 Å². The molecule has 0 aliphatic heterocycles. The average Bonchev–Trinajstić information content (AvgIpc) is 2.69. The fourth-order valence-electron chi connectivity index (χ4n) is 2.55. The van der Waals surface area contributed by atoms with E-state index in [-0.39, 0.29) is 5.69 Å². The summed E-state index contributed by atoms with van der Waals surface area (Å²) in [5.41, 5.74) is 0.747. The van der Waals surface area contributed by atoms with E-state index in [1.54, 1.807) is 60.7 Å². The summed E-state index contributed by atoms with van der Waals surface area (Å²) in [6, 6.07) is 18.8. The van der Waals surface area contributed by atoms with Crippen molar-refractivity contribution in [2.45, 2.75) is 6.04 Å². The van der Waals surface area contributed by atoms with Crippen LogP contribution >= 0.6 is 0 Å². The lowest BCUT2D eigenvalue weighted by molar-refractivity contribution is -0.118. The first kappa shape index (κ1) is 18.3. The molecule has 1 atom stereocenters. The summed E-state index contributed by atoms with van der Waals surface area (Å²) in [6.45, 7) is 0. The van der Waals surface area contributed by atoms with Crippen LogP contribution in [0.15, 0.2) is 78.9 Å². The summed E-state index contributed by atoms with van der Waals surface area (Å²) in [5, 5.41) is 5.05. The zero-order chi connectivity index (χ0) is 19.2. The standard InChI is InChI=1S/C21H16F2N2O2/c22-16-11-12-18(17(23)13-16)24-21(27)19(14-7-3-1-4-8-14)25-20(26)15-9-5-2-6-10-15/h1-13,19H,(H,24,27)(H,25,26). The van der Waals surface area contributed by atoms with Crippen molar-refractivity contribution in [1.29, 1.82) is 0 Å². The highest BCUT2D eigenvalue weighted by molar-refractivity contribution is 6.01. The highest BCUT2D eigenvalue weighted by atomic mass is 19.1. The molecule has 0 bridgehead atoms. The summed E-state index contributed by atoms with van der Waals surface area (Å²) >= 11 is 0. The minimum absolute atomic E-state index is 0.170. The van der Waals surface area contributed by atoms with Gasteiger partial charge >= 0.3 is 0 Å². The molecule has 0 heterocycles. The van der Waals surface area contributed by atoms with Gasteiger partial charge in [-0.1, -0.05) is 48.5 Å². The van der Waals surface area contributed by atoms with Gasteiger partial charge in [0.1, 0.15) is 17.7 Å². The molecule has 136 valence electrons. The van der Waals surface area contributed by atoms with Gasteiger partial charge in [0.2, 0.25) is 0 Å². The van der Waals surface area contributed by atoms with E-state index in [1.165, 1.54) is 0 Å². The van der Waals surface area contributed by atoms with E-state index in [0.29, 0.717) is 17.2 Å². The molecule has 0 aliphatic carbocycles. The molecule has 4 nitrogen and oxygen atoms in total. The molecule has 2 amide bonds. The largest absolute Gasteiger partial charge is 0.336 e. The second-order valence-electron chi connectivity index (χ2n) is 5.80. The molecule has 6 heteroatoms. The van der Waals surface area contributed by atoms with Crippen LogP contribution in [0.25, 0.3) is 0 Å². The Hall–Kier alpha value is -3.54. The van der Waals surface area contributed by atoms with Crippen molar-refractivity contribution in [2.24, 2.45) is 0 Å². The Morgan fingerprint density at radius 3 is 2.07 bits per heavy atom. The predicted octanol–water partition coefficient (Wildman–Crippen LogP) is 4.07.